The Hall–Kier alpha value is -1.62. The zero-order valence-electron chi connectivity index (χ0n) is 12.6. The number of carbonyl (C=O) groups is 1. The standard InChI is InChI=1S/C16H23FN2O2/c1-3-8-18-15-13(5-4-6-14(15)17)16(21)19-9-7-12(10-19)11(2)20/h4-6,11-12,18,20H,3,7-10H2,1-2H3. The van der Waals surface area contributed by atoms with Gasteiger partial charge in [0.1, 0.15) is 5.82 Å². The maximum Gasteiger partial charge on any atom is 0.256 e. The van der Waals surface area contributed by atoms with Crippen LogP contribution in [0.1, 0.15) is 37.0 Å². The predicted octanol–water partition coefficient (Wildman–Crippen LogP) is 2.49. The van der Waals surface area contributed by atoms with Crippen molar-refractivity contribution in [2.45, 2.75) is 32.8 Å². The first-order chi connectivity index (χ1) is 10.0. The highest BCUT2D eigenvalue weighted by atomic mass is 19.1. The number of anilines is 1. The van der Waals surface area contributed by atoms with Crippen molar-refractivity contribution in [3.05, 3.63) is 29.6 Å². The van der Waals surface area contributed by atoms with E-state index in [2.05, 4.69) is 5.32 Å². The molecule has 116 valence electrons. The maximum atomic E-state index is 14.0. The fourth-order valence-electron chi connectivity index (χ4n) is 2.67. The lowest BCUT2D eigenvalue weighted by Crippen LogP contribution is -2.31. The first-order valence-electron chi connectivity index (χ1n) is 7.54. The third kappa shape index (κ3) is 3.53. The van der Waals surface area contributed by atoms with E-state index in [1.54, 1.807) is 24.0 Å². The molecule has 1 saturated heterocycles. The summed E-state index contributed by atoms with van der Waals surface area (Å²) >= 11 is 0. The second-order valence-electron chi connectivity index (χ2n) is 5.63. The van der Waals surface area contributed by atoms with Gasteiger partial charge in [-0.3, -0.25) is 4.79 Å². The number of carbonyl (C=O) groups excluding carboxylic acids is 1. The average Bonchev–Trinajstić information content (AvgIpc) is 2.95. The molecule has 1 aromatic carbocycles. The molecule has 1 heterocycles. The molecule has 0 aliphatic carbocycles. The number of hydrogen-bond donors (Lipinski definition) is 2. The van der Waals surface area contributed by atoms with Gasteiger partial charge in [0.15, 0.2) is 0 Å². The molecule has 5 heteroatoms. The summed E-state index contributed by atoms with van der Waals surface area (Å²) in [5.41, 5.74) is 0.652. The molecule has 0 aromatic heterocycles. The summed E-state index contributed by atoms with van der Waals surface area (Å²) in [6.07, 6.45) is 1.22. The van der Waals surface area contributed by atoms with Crippen LogP contribution in [-0.2, 0) is 0 Å². The molecule has 2 rings (SSSR count). The Balaban J connectivity index is 2.18. The normalized spacial score (nSPS) is 19.6. The van der Waals surface area contributed by atoms with Crippen LogP contribution in [0, 0.1) is 11.7 Å². The number of rotatable bonds is 5. The Morgan fingerprint density at radius 2 is 2.33 bits per heavy atom. The number of halogens is 1. The maximum absolute atomic E-state index is 14.0. The third-order valence-electron chi connectivity index (χ3n) is 3.99. The molecule has 1 aliphatic heterocycles. The van der Waals surface area contributed by atoms with E-state index in [0.717, 1.165) is 12.8 Å². The van der Waals surface area contributed by atoms with Crippen LogP contribution in [0.25, 0.3) is 0 Å². The van der Waals surface area contributed by atoms with E-state index in [1.807, 2.05) is 6.92 Å². The predicted molar refractivity (Wildman–Crippen MR) is 80.9 cm³/mol. The number of aliphatic hydroxyl groups excluding tert-OH is 1. The summed E-state index contributed by atoms with van der Waals surface area (Å²) in [6.45, 7) is 5.49. The quantitative estimate of drug-likeness (QED) is 0.877. The summed E-state index contributed by atoms with van der Waals surface area (Å²) in [5, 5.41) is 12.6. The summed E-state index contributed by atoms with van der Waals surface area (Å²) in [5.74, 6) is -0.466. The van der Waals surface area contributed by atoms with Crippen molar-refractivity contribution >= 4 is 11.6 Å². The number of nitrogens with one attached hydrogen (secondary N) is 1. The van der Waals surface area contributed by atoms with Crippen LogP contribution in [0.2, 0.25) is 0 Å². The van der Waals surface area contributed by atoms with Gasteiger partial charge in [-0.25, -0.2) is 4.39 Å². The molecule has 0 spiro atoms. The Kier molecular flexibility index (Phi) is 5.17. The van der Waals surface area contributed by atoms with Gasteiger partial charge in [-0.1, -0.05) is 13.0 Å². The van der Waals surface area contributed by atoms with Crippen molar-refractivity contribution in [3.8, 4) is 0 Å². The van der Waals surface area contributed by atoms with Gasteiger partial charge < -0.3 is 15.3 Å². The molecule has 2 atom stereocenters. The van der Waals surface area contributed by atoms with Gasteiger partial charge in [-0.15, -0.1) is 0 Å². The van der Waals surface area contributed by atoms with E-state index in [4.69, 9.17) is 0 Å². The average molecular weight is 294 g/mol. The van der Waals surface area contributed by atoms with Gasteiger partial charge >= 0.3 is 0 Å². The number of benzene rings is 1. The van der Waals surface area contributed by atoms with Crippen molar-refractivity contribution in [2.24, 2.45) is 5.92 Å². The summed E-state index contributed by atoms with van der Waals surface area (Å²) in [4.78, 5) is 14.3. The molecular formula is C16H23FN2O2. The van der Waals surface area contributed by atoms with Crippen LogP contribution < -0.4 is 5.32 Å². The number of para-hydroxylation sites is 1. The number of aliphatic hydroxyl groups is 1. The van der Waals surface area contributed by atoms with Crippen molar-refractivity contribution in [1.29, 1.82) is 0 Å². The summed E-state index contributed by atoms with van der Waals surface area (Å²) in [7, 11) is 0. The fraction of sp³-hybridized carbons (Fsp3) is 0.562. The largest absolute Gasteiger partial charge is 0.393 e. The summed E-state index contributed by atoms with van der Waals surface area (Å²) < 4.78 is 14.0. The van der Waals surface area contributed by atoms with Gasteiger partial charge in [0.05, 0.1) is 17.4 Å². The minimum atomic E-state index is -0.423. The van der Waals surface area contributed by atoms with Crippen molar-refractivity contribution in [2.75, 3.05) is 25.0 Å². The smallest absolute Gasteiger partial charge is 0.256 e. The second kappa shape index (κ2) is 6.89. The fourth-order valence-corrected chi connectivity index (χ4v) is 2.67. The van der Waals surface area contributed by atoms with Crippen LogP contribution in [0.15, 0.2) is 18.2 Å². The van der Waals surface area contributed by atoms with Crippen molar-refractivity contribution < 1.29 is 14.3 Å². The lowest BCUT2D eigenvalue weighted by Gasteiger charge is -2.20. The first-order valence-corrected chi connectivity index (χ1v) is 7.54. The van der Waals surface area contributed by atoms with E-state index in [-0.39, 0.29) is 17.5 Å². The topological polar surface area (TPSA) is 52.6 Å². The number of amides is 1. The van der Waals surface area contributed by atoms with Gasteiger partial charge in [0, 0.05) is 25.6 Å². The Labute approximate surface area is 125 Å². The second-order valence-corrected chi connectivity index (χ2v) is 5.63. The van der Waals surface area contributed by atoms with Crippen LogP contribution >= 0.6 is 0 Å². The molecule has 2 unspecified atom stereocenters. The van der Waals surface area contributed by atoms with Gasteiger partial charge in [0.2, 0.25) is 0 Å². The summed E-state index contributed by atoms with van der Waals surface area (Å²) in [6, 6.07) is 4.57. The molecular weight excluding hydrogens is 271 g/mol. The molecule has 0 saturated carbocycles. The van der Waals surface area contributed by atoms with Crippen molar-refractivity contribution in [3.63, 3.8) is 0 Å². The Bertz CT molecular complexity index is 505. The number of likely N-dealkylation sites (tertiary alicyclic amines) is 1. The highest BCUT2D eigenvalue weighted by Crippen LogP contribution is 2.26. The molecule has 1 fully saturated rings. The van der Waals surface area contributed by atoms with E-state index in [1.165, 1.54) is 6.07 Å². The lowest BCUT2D eigenvalue weighted by atomic mass is 10.0. The zero-order valence-corrected chi connectivity index (χ0v) is 12.6. The molecule has 21 heavy (non-hydrogen) atoms. The number of nitrogens with zero attached hydrogens (tertiary/aromatic N) is 1. The van der Waals surface area contributed by atoms with Crippen LogP contribution in [-0.4, -0.2) is 41.7 Å². The first kappa shape index (κ1) is 15.8. The van der Waals surface area contributed by atoms with Crippen molar-refractivity contribution in [1.82, 2.24) is 4.90 Å². The highest BCUT2D eigenvalue weighted by molar-refractivity contribution is 5.99. The van der Waals surface area contributed by atoms with E-state index in [0.29, 0.717) is 25.2 Å². The van der Waals surface area contributed by atoms with Gasteiger partial charge in [-0.2, -0.15) is 0 Å². The zero-order chi connectivity index (χ0) is 15.4. The molecule has 4 nitrogen and oxygen atoms in total. The highest BCUT2D eigenvalue weighted by Gasteiger charge is 2.30. The minimum Gasteiger partial charge on any atom is -0.393 e. The van der Waals surface area contributed by atoms with E-state index in [9.17, 15) is 14.3 Å². The van der Waals surface area contributed by atoms with E-state index >= 15 is 0 Å². The van der Waals surface area contributed by atoms with Crippen LogP contribution in [0.3, 0.4) is 0 Å². The Morgan fingerprint density at radius 1 is 1.57 bits per heavy atom. The molecule has 0 radical (unpaired) electrons. The number of hydrogen-bond acceptors (Lipinski definition) is 3. The molecule has 0 bridgehead atoms. The molecule has 1 aliphatic rings. The minimum absolute atomic E-state index is 0.106. The SMILES string of the molecule is CCCNc1c(F)cccc1C(=O)N1CCC(C(C)O)C1. The monoisotopic (exact) mass is 294 g/mol. The van der Waals surface area contributed by atoms with Crippen LogP contribution in [0.5, 0.6) is 0 Å². The lowest BCUT2D eigenvalue weighted by molar-refractivity contribution is 0.0763. The van der Waals surface area contributed by atoms with Gasteiger partial charge in [0.25, 0.3) is 5.91 Å². The van der Waals surface area contributed by atoms with E-state index < -0.39 is 11.9 Å². The Morgan fingerprint density at radius 3 is 2.95 bits per heavy atom. The molecule has 1 aromatic rings. The third-order valence-corrected chi connectivity index (χ3v) is 3.99. The van der Waals surface area contributed by atoms with Crippen LogP contribution in [0.4, 0.5) is 10.1 Å². The van der Waals surface area contributed by atoms with Gasteiger partial charge in [-0.05, 0) is 31.9 Å². The molecule has 1 amide bonds. The molecule has 2 N–H and O–H groups in total.